The Morgan fingerprint density at radius 2 is 1.81 bits per heavy atom. The van der Waals surface area contributed by atoms with Crippen LogP contribution in [0.3, 0.4) is 0 Å². The molecule has 2 atom stereocenters. The summed E-state index contributed by atoms with van der Waals surface area (Å²) in [6.07, 6.45) is 2.72. The average molecular weight is 291 g/mol. The van der Waals surface area contributed by atoms with Crippen LogP contribution in [0.5, 0.6) is 0 Å². The van der Waals surface area contributed by atoms with E-state index in [9.17, 15) is 5.11 Å². The monoisotopic (exact) mass is 291 g/mol. The summed E-state index contributed by atoms with van der Waals surface area (Å²) in [5.74, 6) is 0. The molecule has 0 amide bonds. The van der Waals surface area contributed by atoms with Crippen molar-refractivity contribution in [2.45, 2.75) is 51.7 Å². The van der Waals surface area contributed by atoms with Crippen LogP contribution in [-0.4, -0.2) is 41.8 Å². The highest BCUT2D eigenvalue weighted by Crippen LogP contribution is 2.34. The molecule has 1 N–H and O–H groups in total. The van der Waals surface area contributed by atoms with Gasteiger partial charge in [0.05, 0.1) is 19.3 Å². The van der Waals surface area contributed by atoms with Gasteiger partial charge < -0.3 is 9.84 Å². The molecule has 0 spiro atoms. The van der Waals surface area contributed by atoms with E-state index in [1.165, 1.54) is 5.56 Å². The first-order valence-electron chi connectivity index (χ1n) is 8.21. The molecular weight excluding hydrogens is 262 g/mol. The minimum atomic E-state index is -0.462. The van der Waals surface area contributed by atoms with Crippen LogP contribution in [0.1, 0.15) is 50.8 Å². The zero-order chi connectivity index (χ0) is 15.3. The Morgan fingerprint density at radius 1 is 1.19 bits per heavy atom. The normalized spacial score (nSPS) is 21.0. The van der Waals surface area contributed by atoms with Gasteiger partial charge in [0.1, 0.15) is 0 Å². The van der Waals surface area contributed by atoms with Crippen LogP contribution in [-0.2, 0) is 11.2 Å². The van der Waals surface area contributed by atoms with E-state index in [1.807, 2.05) is 0 Å². The summed E-state index contributed by atoms with van der Waals surface area (Å²) < 4.78 is 5.44. The number of ether oxygens (including phenoxy) is 1. The number of aliphatic hydroxyl groups is 1. The first-order chi connectivity index (χ1) is 10.1. The number of aryl methyl sites for hydroxylation is 1. The van der Waals surface area contributed by atoms with E-state index >= 15 is 0 Å². The van der Waals surface area contributed by atoms with Gasteiger partial charge in [-0.25, -0.2) is 0 Å². The van der Waals surface area contributed by atoms with Crippen LogP contribution in [0.15, 0.2) is 24.3 Å². The van der Waals surface area contributed by atoms with Crippen molar-refractivity contribution in [3.63, 3.8) is 0 Å². The lowest BCUT2D eigenvalue weighted by Gasteiger charge is -2.46. The van der Waals surface area contributed by atoms with Crippen molar-refractivity contribution in [1.29, 1.82) is 0 Å². The lowest BCUT2D eigenvalue weighted by molar-refractivity contribution is -0.0734. The van der Waals surface area contributed by atoms with Crippen LogP contribution in [0.25, 0.3) is 0 Å². The maximum atomic E-state index is 10.9. The molecule has 1 fully saturated rings. The Morgan fingerprint density at radius 3 is 2.33 bits per heavy atom. The zero-order valence-corrected chi connectivity index (χ0v) is 13.6. The smallest absolute Gasteiger partial charge is 0.0970 e. The van der Waals surface area contributed by atoms with Crippen molar-refractivity contribution < 1.29 is 9.84 Å². The Bertz CT molecular complexity index is 425. The topological polar surface area (TPSA) is 32.7 Å². The third-order valence-electron chi connectivity index (χ3n) is 4.87. The van der Waals surface area contributed by atoms with E-state index in [0.717, 1.165) is 51.1 Å². The minimum absolute atomic E-state index is 0.226. The van der Waals surface area contributed by atoms with Crippen molar-refractivity contribution in [3.05, 3.63) is 35.4 Å². The number of benzene rings is 1. The molecule has 0 aliphatic carbocycles. The van der Waals surface area contributed by atoms with Gasteiger partial charge in [-0.3, -0.25) is 4.90 Å². The predicted molar refractivity (Wildman–Crippen MR) is 86.5 cm³/mol. The number of hydrogen-bond donors (Lipinski definition) is 1. The molecule has 2 rings (SSSR count). The van der Waals surface area contributed by atoms with Crippen molar-refractivity contribution in [2.24, 2.45) is 0 Å². The zero-order valence-electron chi connectivity index (χ0n) is 13.6. The molecule has 118 valence electrons. The molecule has 21 heavy (non-hydrogen) atoms. The van der Waals surface area contributed by atoms with Gasteiger partial charge in [0.25, 0.3) is 0 Å². The summed E-state index contributed by atoms with van der Waals surface area (Å²) >= 11 is 0. The van der Waals surface area contributed by atoms with Gasteiger partial charge in [-0.2, -0.15) is 0 Å². The fourth-order valence-electron chi connectivity index (χ4n) is 3.18. The number of aliphatic hydroxyl groups excluding tert-OH is 1. The highest BCUT2D eigenvalue weighted by molar-refractivity contribution is 5.26. The first-order valence-corrected chi connectivity index (χ1v) is 8.21. The molecule has 1 aromatic carbocycles. The van der Waals surface area contributed by atoms with Gasteiger partial charge >= 0.3 is 0 Å². The fourth-order valence-corrected chi connectivity index (χ4v) is 3.18. The standard InChI is InChI=1S/C18H29NO2/c1-4-6-15-7-9-16(10-8-15)17(20)18(3,5-2)19-11-13-21-14-12-19/h7-10,17,20H,4-6,11-14H2,1-3H3. The van der Waals surface area contributed by atoms with E-state index < -0.39 is 6.10 Å². The molecule has 3 nitrogen and oxygen atoms in total. The molecule has 1 heterocycles. The molecule has 0 saturated carbocycles. The first kappa shape index (κ1) is 16.5. The van der Waals surface area contributed by atoms with Crippen LogP contribution in [0.4, 0.5) is 0 Å². The van der Waals surface area contributed by atoms with Crippen LogP contribution in [0, 0.1) is 0 Å². The molecule has 0 radical (unpaired) electrons. The average Bonchev–Trinajstić information content (AvgIpc) is 2.55. The third kappa shape index (κ3) is 3.65. The number of rotatable bonds is 6. The summed E-state index contributed by atoms with van der Waals surface area (Å²) in [6.45, 7) is 9.84. The lowest BCUT2D eigenvalue weighted by Crippen LogP contribution is -2.54. The second-order valence-electron chi connectivity index (χ2n) is 6.20. The number of hydrogen-bond acceptors (Lipinski definition) is 3. The summed E-state index contributed by atoms with van der Waals surface area (Å²) in [5.41, 5.74) is 2.14. The third-order valence-corrected chi connectivity index (χ3v) is 4.87. The number of nitrogens with zero attached hydrogens (tertiary/aromatic N) is 1. The van der Waals surface area contributed by atoms with Gasteiger partial charge in [0, 0.05) is 18.6 Å². The molecule has 1 aromatic rings. The molecule has 1 aliphatic heterocycles. The molecule has 1 aliphatic rings. The fraction of sp³-hybridized carbons (Fsp3) is 0.667. The summed E-state index contributed by atoms with van der Waals surface area (Å²) in [5, 5.41) is 10.9. The van der Waals surface area contributed by atoms with Gasteiger partial charge in [-0.05, 0) is 30.9 Å². The molecule has 2 unspecified atom stereocenters. The predicted octanol–water partition coefficient (Wildman–Crippen LogP) is 3.17. The summed E-state index contributed by atoms with van der Waals surface area (Å²) in [4.78, 5) is 2.38. The van der Waals surface area contributed by atoms with Gasteiger partial charge in [-0.1, -0.05) is 44.5 Å². The highest BCUT2D eigenvalue weighted by atomic mass is 16.5. The second kappa shape index (κ2) is 7.39. The highest BCUT2D eigenvalue weighted by Gasteiger charge is 2.38. The Balaban J connectivity index is 2.16. The van der Waals surface area contributed by atoms with E-state index in [1.54, 1.807) is 0 Å². The lowest BCUT2D eigenvalue weighted by atomic mass is 9.84. The molecule has 3 heteroatoms. The van der Waals surface area contributed by atoms with Crippen molar-refractivity contribution >= 4 is 0 Å². The molecular formula is C18H29NO2. The summed E-state index contributed by atoms with van der Waals surface area (Å²) in [6, 6.07) is 8.48. The van der Waals surface area contributed by atoms with E-state index in [4.69, 9.17) is 4.74 Å². The number of morpholine rings is 1. The maximum absolute atomic E-state index is 10.9. The quantitative estimate of drug-likeness (QED) is 0.874. The van der Waals surface area contributed by atoms with Crippen LogP contribution >= 0.6 is 0 Å². The molecule has 1 saturated heterocycles. The molecule has 0 bridgehead atoms. The van der Waals surface area contributed by atoms with Gasteiger partial charge in [0.15, 0.2) is 0 Å². The van der Waals surface area contributed by atoms with E-state index in [0.29, 0.717) is 0 Å². The Hall–Kier alpha value is -0.900. The summed E-state index contributed by atoms with van der Waals surface area (Å²) in [7, 11) is 0. The van der Waals surface area contributed by atoms with E-state index in [2.05, 4.69) is 49.9 Å². The molecule has 0 aromatic heterocycles. The Kier molecular flexibility index (Phi) is 5.80. The van der Waals surface area contributed by atoms with E-state index in [-0.39, 0.29) is 5.54 Å². The maximum Gasteiger partial charge on any atom is 0.0970 e. The van der Waals surface area contributed by atoms with Gasteiger partial charge in [-0.15, -0.1) is 0 Å². The largest absolute Gasteiger partial charge is 0.386 e. The minimum Gasteiger partial charge on any atom is -0.386 e. The second-order valence-corrected chi connectivity index (χ2v) is 6.20. The van der Waals surface area contributed by atoms with Gasteiger partial charge in [0.2, 0.25) is 0 Å². The van der Waals surface area contributed by atoms with Crippen molar-refractivity contribution in [2.75, 3.05) is 26.3 Å². The SMILES string of the molecule is CCCc1ccc(C(O)C(C)(CC)N2CCOCC2)cc1. The van der Waals surface area contributed by atoms with Crippen LogP contribution in [0.2, 0.25) is 0 Å². The van der Waals surface area contributed by atoms with Crippen molar-refractivity contribution in [1.82, 2.24) is 4.90 Å². The Labute approximate surface area is 128 Å². The van der Waals surface area contributed by atoms with Crippen LogP contribution < -0.4 is 0 Å². The van der Waals surface area contributed by atoms with Crippen molar-refractivity contribution in [3.8, 4) is 0 Å².